The van der Waals surface area contributed by atoms with Gasteiger partial charge in [-0.05, 0) is 63.8 Å². The lowest BCUT2D eigenvalue weighted by atomic mass is 9.96. The van der Waals surface area contributed by atoms with E-state index in [0.29, 0.717) is 0 Å². The smallest absolute Gasteiger partial charge is 0.0168 e. The summed E-state index contributed by atoms with van der Waals surface area (Å²) >= 11 is 0. The largest absolute Gasteiger partial charge is 0.303 e. The first-order valence-corrected chi connectivity index (χ1v) is 8.54. The Hall–Kier alpha value is -0.860. The van der Waals surface area contributed by atoms with Crippen molar-refractivity contribution in [2.24, 2.45) is 5.92 Å². The first kappa shape index (κ1) is 15.1. The third kappa shape index (κ3) is 3.87. The van der Waals surface area contributed by atoms with E-state index in [1.807, 2.05) is 0 Å². The van der Waals surface area contributed by atoms with Crippen molar-refractivity contribution >= 4 is 0 Å². The summed E-state index contributed by atoms with van der Waals surface area (Å²) in [7, 11) is 2.33. The molecule has 2 nitrogen and oxygen atoms in total. The molecule has 2 atom stereocenters. The van der Waals surface area contributed by atoms with E-state index in [-0.39, 0.29) is 0 Å². The number of hydrogen-bond acceptors (Lipinski definition) is 2. The number of benzene rings is 1. The van der Waals surface area contributed by atoms with Gasteiger partial charge in [0.25, 0.3) is 0 Å². The van der Waals surface area contributed by atoms with Crippen molar-refractivity contribution in [3.05, 3.63) is 42.8 Å². The predicted molar refractivity (Wildman–Crippen MR) is 89.4 cm³/mol. The van der Waals surface area contributed by atoms with Crippen LogP contribution >= 0.6 is 0 Å². The normalized spacial score (nSPS) is 27.2. The maximum Gasteiger partial charge on any atom is 0.0168 e. The molecule has 2 fully saturated rings. The fourth-order valence-electron chi connectivity index (χ4n) is 3.89. The van der Waals surface area contributed by atoms with Crippen LogP contribution in [0.15, 0.2) is 30.3 Å². The second kappa shape index (κ2) is 6.93. The molecule has 2 aliphatic rings. The Labute approximate surface area is 130 Å². The number of nitrogens with zero attached hydrogens (tertiary/aromatic N) is 2. The van der Waals surface area contributed by atoms with Gasteiger partial charge in [-0.3, -0.25) is 0 Å². The van der Waals surface area contributed by atoms with Gasteiger partial charge in [0, 0.05) is 18.5 Å². The minimum atomic E-state index is 0.780. The molecule has 0 N–H and O–H groups in total. The van der Waals surface area contributed by atoms with Crippen LogP contribution in [0.2, 0.25) is 0 Å². The van der Waals surface area contributed by atoms with Crippen LogP contribution in [0.25, 0.3) is 0 Å². The van der Waals surface area contributed by atoms with Crippen LogP contribution in [0.3, 0.4) is 0 Å². The fourth-order valence-corrected chi connectivity index (χ4v) is 3.89. The van der Waals surface area contributed by atoms with Crippen LogP contribution in [0.5, 0.6) is 0 Å². The lowest BCUT2D eigenvalue weighted by molar-refractivity contribution is 0.152. The molecule has 1 saturated heterocycles. The van der Waals surface area contributed by atoms with E-state index in [4.69, 9.17) is 0 Å². The van der Waals surface area contributed by atoms with E-state index in [2.05, 4.69) is 54.1 Å². The summed E-state index contributed by atoms with van der Waals surface area (Å²) in [6.45, 7) is 8.99. The summed E-state index contributed by atoms with van der Waals surface area (Å²) in [6, 6.07) is 11.8. The zero-order valence-corrected chi connectivity index (χ0v) is 13.4. The third-order valence-electron chi connectivity index (χ3n) is 5.28. The molecule has 3 rings (SSSR count). The highest BCUT2D eigenvalue weighted by atomic mass is 15.2. The molecule has 1 radical (unpaired) electrons. The van der Waals surface area contributed by atoms with Crippen molar-refractivity contribution in [3.63, 3.8) is 0 Å². The van der Waals surface area contributed by atoms with Gasteiger partial charge in [-0.15, -0.1) is 0 Å². The zero-order chi connectivity index (χ0) is 14.7. The van der Waals surface area contributed by atoms with Crippen LogP contribution < -0.4 is 0 Å². The fraction of sp³-hybridized carbons (Fsp3) is 0.632. The molecule has 2 unspecified atom stereocenters. The zero-order valence-electron chi connectivity index (χ0n) is 13.4. The number of likely N-dealkylation sites (N-methyl/N-ethyl adjacent to an activating group) is 1. The van der Waals surface area contributed by atoms with E-state index >= 15 is 0 Å². The number of likely N-dealkylation sites (tertiary alicyclic amines) is 1. The van der Waals surface area contributed by atoms with Crippen molar-refractivity contribution in [3.8, 4) is 0 Å². The highest BCUT2D eigenvalue weighted by molar-refractivity contribution is 5.27. The molecule has 2 heteroatoms. The average molecular weight is 285 g/mol. The molecular weight excluding hydrogens is 256 g/mol. The summed E-state index contributed by atoms with van der Waals surface area (Å²) in [5.74, 6) is 1.68. The summed E-state index contributed by atoms with van der Waals surface area (Å²) in [5, 5.41) is 0. The Morgan fingerprint density at radius 3 is 2.57 bits per heavy atom. The lowest BCUT2D eigenvalue weighted by Crippen LogP contribution is -2.38. The maximum atomic E-state index is 3.97. The number of hydrogen-bond donors (Lipinski definition) is 0. The van der Waals surface area contributed by atoms with Gasteiger partial charge in [0.15, 0.2) is 0 Å². The summed E-state index contributed by atoms with van der Waals surface area (Å²) in [4.78, 5) is 5.20. The van der Waals surface area contributed by atoms with Crippen molar-refractivity contribution in [2.45, 2.75) is 37.6 Å². The van der Waals surface area contributed by atoms with Gasteiger partial charge in [-0.2, -0.15) is 0 Å². The lowest BCUT2D eigenvalue weighted by Gasteiger charge is -2.33. The van der Waals surface area contributed by atoms with E-state index in [0.717, 1.165) is 24.3 Å². The molecule has 0 amide bonds. The van der Waals surface area contributed by atoms with Gasteiger partial charge in [0.05, 0.1) is 0 Å². The second-order valence-corrected chi connectivity index (χ2v) is 6.90. The van der Waals surface area contributed by atoms with E-state index in [9.17, 15) is 0 Å². The molecule has 0 spiro atoms. The van der Waals surface area contributed by atoms with Crippen LogP contribution in [0, 0.1) is 12.8 Å². The molecule has 1 heterocycles. The minimum absolute atomic E-state index is 0.780. The van der Waals surface area contributed by atoms with Crippen LogP contribution in [-0.4, -0.2) is 49.1 Å². The average Bonchev–Trinajstić information content (AvgIpc) is 3.31. The first-order chi connectivity index (χ1) is 10.3. The second-order valence-electron chi connectivity index (χ2n) is 6.90. The van der Waals surface area contributed by atoms with Crippen molar-refractivity contribution < 1.29 is 0 Å². The molecule has 1 aliphatic carbocycles. The van der Waals surface area contributed by atoms with E-state index in [1.54, 1.807) is 0 Å². The highest BCUT2D eigenvalue weighted by Crippen LogP contribution is 2.44. The minimum Gasteiger partial charge on any atom is -0.303 e. The summed E-state index contributed by atoms with van der Waals surface area (Å²) in [5.41, 5.74) is 1.53. The van der Waals surface area contributed by atoms with Crippen molar-refractivity contribution in [1.82, 2.24) is 9.80 Å². The van der Waals surface area contributed by atoms with Gasteiger partial charge in [-0.25, -0.2) is 0 Å². The Morgan fingerprint density at radius 2 is 1.90 bits per heavy atom. The van der Waals surface area contributed by atoms with Gasteiger partial charge in [-0.1, -0.05) is 37.3 Å². The molecule has 1 aromatic rings. The van der Waals surface area contributed by atoms with Crippen molar-refractivity contribution in [2.75, 3.05) is 33.2 Å². The number of piperidine rings is 1. The Morgan fingerprint density at radius 1 is 1.19 bits per heavy atom. The standard InChI is InChI=1S/C19H29N2/c1-3-11-21-12-9-16(10-13-21)15-20(2)19-14-18(19)17-7-5-4-6-8-17/h4-8,16,18-19H,1,3,9-15H2,2H3. The molecule has 115 valence electrons. The van der Waals surface area contributed by atoms with Crippen LogP contribution in [-0.2, 0) is 0 Å². The molecule has 1 aliphatic heterocycles. The predicted octanol–water partition coefficient (Wildman–Crippen LogP) is 3.41. The highest BCUT2D eigenvalue weighted by Gasteiger charge is 2.41. The van der Waals surface area contributed by atoms with Gasteiger partial charge in [0.1, 0.15) is 0 Å². The van der Waals surface area contributed by atoms with Crippen LogP contribution in [0.1, 0.15) is 37.2 Å². The SMILES string of the molecule is [CH2]CCN1CCC(CN(C)C2CC2c2ccccc2)CC1. The molecule has 1 aromatic carbocycles. The molecule has 21 heavy (non-hydrogen) atoms. The quantitative estimate of drug-likeness (QED) is 0.790. The van der Waals surface area contributed by atoms with Crippen LogP contribution in [0.4, 0.5) is 0 Å². The Balaban J connectivity index is 1.43. The summed E-state index contributed by atoms with van der Waals surface area (Å²) in [6.07, 6.45) is 5.13. The topological polar surface area (TPSA) is 6.48 Å². The van der Waals surface area contributed by atoms with E-state index < -0.39 is 0 Å². The van der Waals surface area contributed by atoms with Crippen molar-refractivity contribution in [1.29, 1.82) is 0 Å². The van der Waals surface area contributed by atoms with Gasteiger partial charge in [0.2, 0.25) is 0 Å². The first-order valence-electron chi connectivity index (χ1n) is 8.54. The van der Waals surface area contributed by atoms with Gasteiger partial charge < -0.3 is 9.80 Å². The monoisotopic (exact) mass is 285 g/mol. The molecule has 0 aromatic heterocycles. The third-order valence-corrected chi connectivity index (χ3v) is 5.28. The molecular formula is C19H29N2. The van der Waals surface area contributed by atoms with E-state index in [1.165, 1.54) is 51.0 Å². The Bertz CT molecular complexity index is 422. The summed E-state index contributed by atoms with van der Waals surface area (Å²) < 4.78 is 0. The molecule has 0 bridgehead atoms. The molecule has 1 saturated carbocycles. The number of rotatable bonds is 6. The Kier molecular flexibility index (Phi) is 4.97. The van der Waals surface area contributed by atoms with Gasteiger partial charge >= 0.3 is 0 Å². The maximum absolute atomic E-state index is 3.97.